The molecule has 0 amide bonds. The molecular formula is C13H20N4O. The van der Waals surface area contributed by atoms with Crippen molar-refractivity contribution in [3.05, 3.63) is 17.5 Å². The Kier molecular flexibility index (Phi) is 5.53. The lowest BCUT2D eigenvalue weighted by Crippen LogP contribution is -2.32. The van der Waals surface area contributed by atoms with Gasteiger partial charge in [0.1, 0.15) is 11.8 Å². The van der Waals surface area contributed by atoms with Crippen LogP contribution in [0.25, 0.3) is 0 Å². The van der Waals surface area contributed by atoms with Gasteiger partial charge in [0.05, 0.1) is 6.61 Å². The minimum atomic E-state index is 0.406. The number of aromatic nitrogens is 2. The fourth-order valence-electron chi connectivity index (χ4n) is 1.67. The summed E-state index contributed by atoms with van der Waals surface area (Å²) in [6.07, 6.45) is 0. The summed E-state index contributed by atoms with van der Waals surface area (Å²) in [5.74, 6) is 1.11. The van der Waals surface area contributed by atoms with Crippen molar-refractivity contribution in [3.8, 4) is 6.07 Å². The van der Waals surface area contributed by atoms with Crippen LogP contribution in [0.5, 0.6) is 0 Å². The highest BCUT2D eigenvalue weighted by Gasteiger charge is 2.12. The maximum atomic E-state index is 8.94. The van der Waals surface area contributed by atoms with Crippen molar-refractivity contribution in [3.63, 3.8) is 0 Å². The van der Waals surface area contributed by atoms with E-state index in [1.165, 1.54) is 0 Å². The van der Waals surface area contributed by atoms with Gasteiger partial charge in [0.2, 0.25) is 5.95 Å². The number of aryl methyl sites for hydroxylation is 1. The van der Waals surface area contributed by atoms with Crippen molar-refractivity contribution in [1.82, 2.24) is 9.97 Å². The summed E-state index contributed by atoms with van der Waals surface area (Å²) >= 11 is 0. The molecule has 0 saturated carbocycles. The molecule has 0 aliphatic carbocycles. The zero-order chi connectivity index (χ0) is 13.5. The van der Waals surface area contributed by atoms with E-state index in [9.17, 15) is 0 Å². The monoisotopic (exact) mass is 248 g/mol. The first kappa shape index (κ1) is 14.4. The summed E-state index contributed by atoms with van der Waals surface area (Å²) in [6.45, 7) is 8.34. The molecule has 1 aromatic rings. The molecule has 0 saturated heterocycles. The van der Waals surface area contributed by atoms with E-state index < -0.39 is 0 Å². The normalized spacial score (nSPS) is 10.4. The first-order valence-electron chi connectivity index (χ1n) is 6.06. The number of anilines is 1. The number of rotatable bonds is 6. The third-order valence-electron chi connectivity index (χ3n) is 2.39. The van der Waals surface area contributed by atoms with E-state index in [1.54, 1.807) is 13.2 Å². The van der Waals surface area contributed by atoms with E-state index in [1.807, 2.05) is 6.92 Å². The van der Waals surface area contributed by atoms with E-state index in [4.69, 9.17) is 10.00 Å². The number of nitriles is 1. The van der Waals surface area contributed by atoms with Crippen molar-refractivity contribution in [2.45, 2.75) is 20.8 Å². The van der Waals surface area contributed by atoms with Gasteiger partial charge in [-0.1, -0.05) is 13.8 Å². The Balaban J connectivity index is 2.96. The third kappa shape index (κ3) is 4.30. The molecule has 0 aliphatic rings. The zero-order valence-corrected chi connectivity index (χ0v) is 11.5. The van der Waals surface area contributed by atoms with Gasteiger partial charge in [-0.05, 0) is 18.9 Å². The van der Waals surface area contributed by atoms with Crippen LogP contribution in [0, 0.1) is 24.2 Å². The summed E-state index contributed by atoms with van der Waals surface area (Å²) in [7, 11) is 1.67. The minimum Gasteiger partial charge on any atom is -0.383 e. The second-order valence-electron chi connectivity index (χ2n) is 4.64. The van der Waals surface area contributed by atoms with Crippen LogP contribution in [0.1, 0.15) is 25.2 Å². The van der Waals surface area contributed by atoms with E-state index in [0.717, 1.165) is 18.8 Å². The van der Waals surface area contributed by atoms with Gasteiger partial charge in [-0.15, -0.1) is 0 Å². The maximum Gasteiger partial charge on any atom is 0.226 e. The SMILES string of the molecule is COCCN(CC(C)C)c1nc(C)cc(C#N)n1. The van der Waals surface area contributed by atoms with Crippen molar-refractivity contribution in [2.24, 2.45) is 5.92 Å². The fraction of sp³-hybridized carbons (Fsp3) is 0.615. The highest BCUT2D eigenvalue weighted by Crippen LogP contribution is 2.12. The van der Waals surface area contributed by atoms with Gasteiger partial charge in [0.15, 0.2) is 0 Å². The molecule has 0 spiro atoms. The second-order valence-corrected chi connectivity index (χ2v) is 4.64. The van der Waals surface area contributed by atoms with Crippen LogP contribution in [-0.4, -0.2) is 36.8 Å². The van der Waals surface area contributed by atoms with Crippen LogP contribution < -0.4 is 4.90 Å². The molecule has 0 bridgehead atoms. The van der Waals surface area contributed by atoms with E-state index in [-0.39, 0.29) is 0 Å². The molecule has 98 valence electrons. The predicted molar refractivity (Wildman–Crippen MR) is 70.4 cm³/mol. The Morgan fingerprint density at radius 3 is 2.72 bits per heavy atom. The molecule has 1 heterocycles. The van der Waals surface area contributed by atoms with Crippen molar-refractivity contribution in [1.29, 1.82) is 5.26 Å². The molecule has 0 aliphatic heterocycles. The van der Waals surface area contributed by atoms with E-state index >= 15 is 0 Å². The number of nitrogens with zero attached hydrogens (tertiary/aromatic N) is 4. The van der Waals surface area contributed by atoms with E-state index in [2.05, 4.69) is 34.8 Å². The number of ether oxygens (including phenoxy) is 1. The van der Waals surface area contributed by atoms with E-state index in [0.29, 0.717) is 24.2 Å². The average Bonchev–Trinajstić information content (AvgIpc) is 2.33. The molecule has 0 aromatic carbocycles. The molecule has 0 fully saturated rings. The minimum absolute atomic E-state index is 0.406. The molecule has 18 heavy (non-hydrogen) atoms. The zero-order valence-electron chi connectivity index (χ0n) is 11.5. The summed E-state index contributed by atoms with van der Waals surface area (Å²) in [5.41, 5.74) is 1.21. The Morgan fingerprint density at radius 2 is 2.17 bits per heavy atom. The van der Waals surface area contributed by atoms with Crippen LogP contribution in [0.2, 0.25) is 0 Å². The van der Waals surface area contributed by atoms with Gasteiger partial charge in [-0.25, -0.2) is 9.97 Å². The lowest BCUT2D eigenvalue weighted by Gasteiger charge is -2.24. The third-order valence-corrected chi connectivity index (χ3v) is 2.39. The first-order valence-corrected chi connectivity index (χ1v) is 6.06. The molecule has 5 nitrogen and oxygen atoms in total. The predicted octanol–water partition coefficient (Wildman–Crippen LogP) is 1.77. The van der Waals surface area contributed by atoms with Gasteiger partial charge < -0.3 is 9.64 Å². The highest BCUT2D eigenvalue weighted by molar-refractivity contribution is 5.36. The topological polar surface area (TPSA) is 62.0 Å². The highest BCUT2D eigenvalue weighted by atomic mass is 16.5. The maximum absolute atomic E-state index is 8.94. The van der Waals surface area contributed by atoms with Gasteiger partial charge >= 0.3 is 0 Å². The van der Waals surface area contributed by atoms with Crippen molar-refractivity contribution in [2.75, 3.05) is 31.7 Å². The summed E-state index contributed by atoms with van der Waals surface area (Å²) < 4.78 is 5.10. The molecule has 0 N–H and O–H groups in total. The molecule has 0 radical (unpaired) electrons. The quantitative estimate of drug-likeness (QED) is 0.767. The van der Waals surface area contributed by atoms with Crippen LogP contribution >= 0.6 is 0 Å². The molecule has 0 atom stereocenters. The smallest absolute Gasteiger partial charge is 0.226 e. The summed E-state index contributed by atoms with van der Waals surface area (Å²) in [5, 5.41) is 8.94. The van der Waals surface area contributed by atoms with Crippen LogP contribution in [0.15, 0.2) is 6.07 Å². The Morgan fingerprint density at radius 1 is 1.44 bits per heavy atom. The molecular weight excluding hydrogens is 228 g/mol. The number of hydrogen-bond donors (Lipinski definition) is 0. The van der Waals surface area contributed by atoms with Gasteiger partial charge in [0, 0.05) is 25.9 Å². The van der Waals surface area contributed by atoms with Crippen LogP contribution in [0.3, 0.4) is 0 Å². The fourth-order valence-corrected chi connectivity index (χ4v) is 1.67. The molecule has 1 aromatic heterocycles. The molecule has 0 unspecified atom stereocenters. The van der Waals surface area contributed by atoms with Gasteiger partial charge in [0.25, 0.3) is 0 Å². The van der Waals surface area contributed by atoms with Crippen molar-refractivity contribution >= 4 is 5.95 Å². The summed E-state index contributed by atoms with van der Waals surface area (Å²) in [6, 6.07) is 3.75. The number of methoxy groups -OCH3 is 1. The first-order chi connectivity index (χ1) is 8.56. The molecule has 1 rings (SSSR count). The second kappa shape index (κ2) is 6.92. The Bertz CT molecular complexity index is 425. The summed E-state index contributed by atoms with van der Waals surface area (Å²) in [4.78, 5) is 10.7. The van der Waals surface area contributed by atoms with Crippen molar-refractivity contribution < 1.29 is 4.74 Å². The Labute approximate surface area is 108 Å². The average molecular weight is 248 g/mol. The molecule has 5 heteroatoms. The van der Waals surface area contributed by atoms with Crippen LogP contribution in [-0.2, 0) is 4.74 Å². The largest absolute Gasteiger partial charge is 0.383 e. The van der Waals surface area contributed by atoms with Gasteiger partial charge in [-0.3, -0.25) is 0 Å². The Hall–Kier alpha value is -1.67. The van der Waals surface area contributed by atoms with Crippen LogP contribution in [0.4, 0.5) is 5.95 Å². The lowest BCUT2D eigenvalue weighted by atomic mass is 10.2. The standard InChI is InChI=1S/C13H20N4O/c1-10(2)9-17(5-6-18-4)13-15-11(3)7-12(8-14)16-13/h7,10H,5-6,9H2,1-4H3. The number of hydrogen-bond acceptors (Lipinski definition) is 5. The van der Waals surface area contributed by atoms with Gasteiger partial charge in [-0.2, -0.15) is 5.26 Å². The lowest BCUT2D eigenvalue weighted by molar-refractivity contribution is 0.204.